The lowest BCUT2D eigenvalue weighted by molar-refractivity contribution is -0.276. The molecular formula is C22H21BrF3N3O3. The van der Waals surface area contributed by atoms with E-state index in [0.717, 1.165) is 4.68 Å². The number of alkyl halides is 3. The Labute approximate surface area is 189 Å². The summed E-state index contributed by atoms with van der Waals surface area (Å²) >= 11 is 3.23. The molecule has 32 heavy (non-hydrogen) atoms. The van der Waals surface area contributed by atoms with Crippen molar-refractivity contribution in [1.82, 2.24) is 9.78 Å². The molecule has 1 aliphatic rings. The van der Waals surface area contributed by atoms with E-state index < -0.39 is 35.2 Å². The fraction of sp³-hybridized carbons (Fsp3) is 0.364. The second-order valence-electron chi connectivity index (χ2n) is 8.77. The number of nitrogens with zero attached hydrogens (tertiary/aromatic N) is 2. The Balaban J connectivity index is 2.01. The lowest BCUT2D eigenvalue weighted by Crippen LogP contribution is -2.58. The summed E-state index contributed by atoms with van der Waals surface area (Å²) in [5.74, 6) is -0.158. The summed E-state index contributed by atoms with van der Waals surface area (Å²) < 4.78 is 44.4. The number of nitrogens with one attached hydrogen (secondary N) is 1. The molecule has 3 N–H and O–H groups in total. The van der Waals surface area contributed by atoms with Gasteiger partial charge in [0.05, 0.1) is 11.4 Å². The first-order valence-corrected chi connectivity index (χ1v) is 10.6. The molecule has 0 spiro atoms. The summed E-state index contributed by atoms with van der Waals surface area (Å²) in [6.07, 6.45) is -5.68. The van der Waals surface area contributed by atoms with Crippen LogP contribution in [0.15, 0.2) is 45.7 Å². The number of fused-ring (bicyclic) bond motifs is 2. The number of aromatic nitrogens is 2. The van der Waals surface area contributed by atoms with Crippen LogP contribution in [-0.4, -0.2) is 31.8 Å². The highest BCUT2D eigenvalue weighted by atomic mass is 79.9. The Bertz CT molecular complexity index is 1290. The highest BCUT2D eigenvalue weighted by Gasteiger charge is 2.64. The average Bonchev–Trinajstić information content (AvgIpc) is 2.66. The van der Waals surface area contributed by atoms with Gasteiger partial charge in [-0.2, -0.15) is 18.3 Å². The van der Waals surface area contributed by atoms with Gasteiger partial charge in [0.1, 0.15) is 5.75 Å². The Morgan fingerprint density at radius 2 is 1.84 bits per heavy atom. The van der Waals surface area contributed by atoms with Crippen LogP contribution in [0.3, 0.4) is 0 Å². The first-order chi connectivity index (χ1) is 14.8. The normalized spacial score (nSPS) is 22.6. The van der Waals surface area contributed by atoms with Gasteiger partial charge in [-0.3, -0.25) is 4.79 Å². The minimum atomic E-state index is -4.99. The Morgan fingerprint density at radius 1 is 1.22 bits per heavy atom. The summed E-state index contributed by atoms with van der Waals surface area (Å²) in [7, 11) is 1.40. The van der Waals surface area contributed by atoms with Crippen molar-refractivity contribution in [2.24, 2.45) is 7.05 Å². The smallest absolute Gasteiger partial charge is 0.419 e. The second kappa shape index (κ2) is 7.21. The van der Waals surface area contributed by atoms with E-state index in [9.17, 15) is 28.2 Å². The number of hydrogen-bond donors (Lipinski definition) is 3. The van der Waals surface area contributed by atoms with Crippen molar-refractivity contribution >= 4 is 32.5 Å². The van der Waals surface area contributed by atoms with Crippen LogP contribution < -0.4 is 10.9 Å². The van der Waals surface area contributed by atoms with E-state index in [2.05, 4.69) is 26.3 Å². The van der Waals surface area contributed by atoms with E-state index in [-0.39, 0.29) is 22.5 Å². The molecule has 0 saturated carbocycles. The van der Waals surface area contributed by atoms with E-state index >= 15 is 0 Å². The molecule has 0 radical (unpaired) electrons. The monoisotopic (exact) mass is 511 g/mol. The number of hydrogen-bond acceptors (Lipinski definition) is 5. The summed E-state index contributed by atoms with van der Waals surface area (Å²) in [4.78, 5) is 12.4. The van der Waals surface area contributed by atoms with E-state index in [0.29, 0.717) is 15.4 Å². The topological polar surface area (TPSA) is 87.4 Å². The maximum atomic E-state index is 14.3. The summed E-state index contributed by atoms with van der Waals surface area (Å²) in [6, 6.07) is 7.59. The Kier molecular flexibility index (Phi) is 5.09. The largest absolute Gasteiger partial charge is 0.508 e. The minimum absolute atomic E-state index is 0.0143. The number of aliphatic hydroxyl groups is 1. The van der Waals surface area contributed by atoms with Crippen LogP contribution >= 0.6 is 15.9 Å². The molecule has 1 aromatic heterocycles. The van der Waals surface area contributed by atoms with Gasteiger partial charge in [-0.25, -0.2) is 4.68 Å². The Morgan fingerprint density at radius 3 is 2.47 bits per heavy atom. The van der Waals surface area contributed by atoms with Crippen molar-refractivity contribution in [3.63, 3.8) is 0 Å². The van der Waals surface area contributed by atoms with Crippen LogP contribution in [0.5, 0.6) is 5.75 Å². The number of phenols is 1. The molecule has 1 heterocycles. The number of rotatable bonds is 2. The number of aryl methyl sites for hydroxylation is 1. The van der Waals surface area contributed by atoms with Crippen molar-refractivity contribution < 1.29 is 23.4 Å². The zero-order chi connectivity index (χ0) is 23.6. The molecule has 0 amide bonds. The summed E-state index contributed by atoms with van der Waals surface area (Å²) in [6.45, 7) is 3.10. The molecule has 2 atom stereocenters. The third-order valence-electron chi connectivity index (χ3n) is 6.02. The SMILES string of the molecule is Cn1nc(NC2c3cc(Br)cc(O)c3C(C)(C)CC2(O)C(F)(F)F)c2ccccc2c1=O. The summed E-state index contributed by atoms with van der Waals surface area (Å²) in [5.41, 5.74) is -4.35. The Hall–Kier alpha value is -2.59. The summed E-state index contributed by atoms with van der Waals surface area (Å²) in [5, 5.41) is 29.2. The van der Waals surface area contributed by atoms with Crippen molar-refractivity contribution in [2.45, 2.75) is 43.5 Å². The molecule has 0 bridgehead atoms. The van der Waals surface area contributed by atoms with Gasteiger partial charge in [0.25, 0.3) is 5.56 Å². The van der Waals surface area contributed by atoms with Crippen LogP contribution in [0.2, 0.25) is 0 Å². The maximum absolute atomic E-state index is 14.3. The number of benzene rings is 2. The quantitative estimate of drug-likeness (QED) is 0.470. The van der Waals surface area contributed by atoms with E-state index in [1.54, 1.807) is 38.1 Å². The predicted molar refractivity (Wildman–Crippen MR) is 118 cm³/mol. The first-order valence-electron chi connectivity index (χ1n) is 9.81. The second-order valence-corrected chi connectivity index (χ2v) is 9.69. The minimum Gasteiger partial charge on any atom is -0.508 e. The zero-order valence-electron chi connectivity index (χ0n) is 17.5. The molecule has 3 aromatic rings. The van der Waals surface area contributed by atoms with Crippen molar-refractivity contribution in [1.29, 1.82) is 0 Å². The molecule has 0 fully saturated rings. The van der Waals surface area contributed by atoms with Gasteiger partial charge in [0.2, 0.25) is 0 Å². The molecule has 2 unspecified atom stereocenters. The third-order valence-corrected chi connectivity index (χ3v) is 6.48. The maximum Gasteiger partial charge on any atom is 0.419 e. The fourth-order valence-electron chi connectivity index (χ4n) is 4.70. The van der Waals surface area contributed by atoms with Gasteiger partial charge >= 0.3 is 6.18 Å². The lowest BCUT2D eigenvalue weighted by Gasteiger charge is -2.49. The molecule has 2 aromatic carbocycles. The van der Waals surface area contributed by atoms with Gasteiger partial charge in [-0.05, 0) is 35.6 Å². The highest BCUT2D eigenvalue weighted by molar-refractivity contribution is 9.10. The van der Waals surface area contributed by atoms with Crippen molar-refractivity contribution in [3.8, 4) is 5.75 Å². The van der Waals surface area contributed by atoms with Crippen LogP contribution in [0.4, 0.5) is 19.0 Å². The number of halogens is 4. The number of aromatic hydroxyl groups is 1. The van der Waals surface area contributed by atoms with Crippen LogP contribution in [0.25, 0.3) is 10.8 Å². The predicted octanol–water partition coefficient (Wildman–Crippen LogP) is 4.53. The molecule has 4 rings (SSSR count). The van der Waals surface area contributed by atoms with Gasteiger partial charge in [-0.1, -0.05) is 48.0 Å². The highest BCUT2D eigenvalue weighted by Crippen LogP contribution is 2.56. The van der Waals surface area contributed by atoms with Crippen LogP contribution in [0, 0.1) is 0 Å². The first kappa shape index (κ1) is 22.6. The number of phenolic OH excluding ortho intramolecular Hbond substituents is 1. The molecule has 10 heteroatoms. The molecule has 1 aliphatic carbocycles. The fourth-order valence-corrected chi connectivity index (χ4v) is 5.17. The van der Waals surface area contributed by atoms with Crippen molar-refractivity contribution in [2.75, 3.05) is 5.32 Å². The zero-order valence-corrected chi connectivity index (χ0v) is 19.0. The molecule has 170 valence electrons. The average molecular weight is 512 g/mol. The lowest BCUT2D eigenvalue weighted by atomic mass is 9.63. The molecule has 0 aliphatic heterocycles. The van der Waals surface area contributed by atoms with Crippen LogP contribution in [-0.2, 0) is 12.5 Å². The van der Waals surface area contributed by atoms with E-state index in [1.807, 2.05) is 0 Å². The van der Waals surface area contributed by atoms with Crippen molar-refractivity contribution in [3.05, 3.63) is 62.4 Å². The molecule has 0 saturated heterocycles. The molecular weight excluding hydrogens is 491 g/mol. The van der Waals surface area contributed by atoms with Crippen LogP contribution in [0.1, 0.15) is 37.4 Å². The van der Waals surface area contributed by atoms with E-state index in [4.69, 9.17) is 0 Å². The van der Waals surface area contributed by atoms with Gasteiger partial charge in [-0.15, -0.1) is 0 Å². The number of anilines is 1. The standard InChI is InChI=1S/C22H21BrF3N3O3/c1-20(2)10-21(32,22(24,25)26)17(14-8-11(23)9-15(30)16(14)20)27-18-12-6-4-5-7-13(12)19(31)29(3)28-18/h4-9,17,30,32H,10H2,1-3H3,(H,27,28). The third kappa shape index (κ3) is 3.36. The van der Waals surface area contributed by atoms with Gasteiger partial charge in [0.15, 0.2) is 11.4 Å². The molecule has 6 nitrogen and oxygen atoms in total. The van der Waals surface area contributed by atoms with Gasteiger partial charge in [0, 0.05) is 22.5 Å². The van der Waals surface area contributed by atoms with Gasteiger partial charge < -0.3 is 15.5 Å². The van der Waals surface area contributed by atoms with E-state index in [1.165, 1.54) is 19.2 Å².